The van der Waals surface area contributed by atoms with Crippen molar-refractivity contribution in [3.8, 4) is 17.4 Å². The largest absolute Gasteiger partial charge is 0.494 e. The van der Waals surface area contributed by atoms with Crippen LogP contribution < -0.4 is 20.3 Å². The highest BCUT2D eigenvalue weighted by atomic mass is 16.5. The molecule has 2 N–H and O–H groups in total. The van der Waals surface area contributed by atoms with Gasteiger partial charge < -0.3 is 14.8 Å². The smallest absolute Gasteiger partial charge is 0.263 e. The van der Waals surface area contributed by atoms with E-state index in [4.69, 9.17) is 9.47 Å². The fraction of sp³-hybridized carbons (Fsp3) is 0.333. The number of hydrogen-bond acceptors (Lipinski definition) is 6. The molecule has 0 fully saturated rings. The predicted molar refractivity (Wildman–Crippen MR) is 112 cm³/mol. The lowest BCUT2D eigenvalue weighted by Crippen LogP contribution is -2.23. The van der Waals surface area contributed by atoms with E-state index in [0.717, 1.165) is 12.2 Å². The lowest BCUT2D eigenvalue weighted by atomic mass is 10.2. The Bertz CT molecular complexity index is 1060. The molecule has 0 radical (unpaired) electrons. The Morgan fingerprint density at radius 3 is 2.50 bits per heavy atom. The molecule has 0 saturated carbocycles. The number of nitrogens with one attached hydrogen (secondary N) is 2. The Morgan fingerprint density at radius 2 is 1.83 bits per heavy atom. The molecule has 2 aromatic heterocycles. The van der Waals surface area contributed by atoms with E-state index in [-0.39, 0.29) is 24.0 Å². The van der Waals surface area contributed by atoms with Crippen LogP contribution in [0.15, 0.2) is 41.2 Å². The van der Waals surface area contributed by atoms with E-state index in [1.165, 1.54) is 10.7 Å². The summed E-state index contributed by atoms with van der Waals surface area (Å²) in [6, 6.07) is 10.2. The van der Waals surface area contributed by atoms with Crippen molar-refractivity contribution in [1.29, 1.82) is 0 Å². The maximum absolute atomic E-state index is 12.4. The standard InChI is InChI=1S/C21H25N5O4/c1-4-6-15-12-19(27)24-21(22-15)26-18(11-14(3)25-26)23-20(28)13-30-17-9-7-16(8-10-17)29-5-2/h7-12H,4-6,13H2,1-3H3,(H,23,28)(H,22,24,27). The minimum absolute atomic E-state index is 0.183. The van der Waals surface area contributed by atoms with Crippen LogP contribution >= 0.6 is 0 Å². The predicted octanol–water partition coefficient (Wildman–Crippen LogP) is 2.63. The van der Waals surface area contributed by atoms with E-state index < -0.39 is 0 Å². The van der Waals surface area contributed by atoms with Gasteiger partial charge in [0.2, 0.25) is 5.95 Å². The maximum atomic E-state index is 12.4. The van der Waals surface area contributed by atoms with E-state index in [1.54, 1.807) is 37.3 Å². The number of ether oxygens (including phenoxy) is 2. The number of carbonyl (C=O) groups excluding carboxylic acids is 1. The lowest BCUT2D eigenvalue weighted by Gasteiger charge is -2.10. The molecule has 2 heterocycles. The summed E-state index contributed by atoms with van der Waals surface area (Å²) in [6.07, 6.45) is 1.54. The topological polar surface area (TPSA) is 111 Å². The molecule has 0 spiro atoms. The summed E-state index contributed by atoms with van der Waals surface area (Å²) in [7, 11) is 0. The third-order valence-corrected chi connectivity index (χ3v) is 4.09. The minimum Gasteiger partial charge on any atom is -0.494 e. The minimum atomic E-state index is -0.364. The number of hydrogen-bond donors (Lipinski definition) is 2. The van der Waals surface area contributed by atoms with Crippen molar-refractivity contribution in [2.75, 3.05) is 18.5 Å². The third-order valence-electron chi connectivity index (χ3n) is 4.09. The molecule has 0 bridgehead atoms. The number of aryl methyl sites for hydroxylation is 2. The van der Waals surface area contributed by atoms with Crippen LogP contribution in [0.3, 0.4) is 0 Å². The average molecular weight is 411 g/mol. The van der Waals surface area contributed by atoms with Gasteiger partial charge in [-0.1, -0.05) is 13.3 Å². The van der Waals surface area contributed by atoms with Crippen molar-refractivity contribution >= 4 is 11.7 Å². The number of aromatic amines is 1. The summed E-state index contributed by atoms with van der Waals surface area (Å²) in [6.45, 7) is 6.11. The number of rotatable bonds is 9. The van der Waals surface area contributed by atoms with Crippen LogP contribution in [0, 0.1) is 6.92 Å². The monoisotopic (exact) mass is 411 g/mol. The van der Waals surface area contributed by atoms with Gasteiger partial charge in [-0.15, -0.1) is 0 Å². The Kier molecular flexibility index (Phi) is 6.84. The van der Waals surface area contributed by atoms with Gasteiger partial charge in [0.05, 0.1) is 12.3 Å². The second-order valence-electron chi connectivity index (χ2n) is 6.63. The second kappa shape index (κ2) is 9.73. The zero-order valence-corrected chi connectivity index (χ0v) is 17.3. The van der Waals surface area contributed by atoms with Gasteiger partial charge in [-0.25, -0.2) is 4.98 Å². The van der Waals surface area contributed by atoms with E-state index in [1.807, 2.05) is 13.8 Å². The molecule has 0 saturated heterocycles. The SMILES string of the molecule is CCCc1cc(=O)[nH]c(-n2nc(C)cc2NC(=O)COc2ccc(OCC)cc2)n1. The molecule has 3 rings (SSSR count). The van der Waals surface area contributed by atoms with Crippen LogP contribution in [0.1, 0.15) is 31.7 Å². The fourth-order valence-electron chi connectivity index (χ4n) is 2.85. The summed E-state index contributed by atoms with van der Waals surface area (Å²) in [4.78, 5) is 31.5. The van der Waals surface area contributed by atoms with Crippen molar-refractivity contribution in [3.05, 3.63) is 58.1 Å². The fourth-order valence-corrected chi connectivity index (χ4v) is 2.85. The zero-order valence-electron chi connectivity index (χ0n) is 17.3. The summed E-state index contributed by atoms with van der Waals surface area (Å²) in [5, 5.41) is 7.09. The Labute approximate surface area is 174 Å². The first-order chi connectivity index (χ1) is 14.5. The van der Waals surface area contributed by atoms with Gasteiger partial charge in [-0.05, 0) is 44.5 Å². The molecule has 158 valence electrons. The molecule has 1 aromatic carbocycles. The molecular weight excluding hydrogens is 386 g/mol. The molecule has 0 aliphatic carbocycles. The highest BCUT2D eigenvalue weighted by Crippen LogP contribution is 2.18. The molecule has 0 unspecified atom stereocenters. The number of carbonyl (C=O) groups is 1. The quantitative estimate of drug-likeness (QED) is 0.560. The van der Waals surface area contributed by atoms with E-state index in [2.05, 4.69) is 20.4 Å². The maximum Gasteiger partial charge on any atom is 0.263 e. The molecule has 30 heavy (non-hydrogen) atoms. The van der Waals surface area contributed by atoms with Gasteiger partial charge in [0.1, 0.15) is 17.3 Å². The van der Waals surface area contributed by atoms with Crippen molar-refractivity contribution in [1.82, 2.24) is 19.7 Å². The Morgan fingerprint density at radius 1 is 1.13 bits per heavy atom. The number of H-pyrrole nitrogens is 1. The molecule has 0 aliphatic heterocycles. The summed E-state index contributed by atoms with van der Waals surface area (Å²) < 4.78 is 12.3. The summed E-state index contributed by atoms with van der Waals surface area (Å²) in [5.41, 5.74) is 1.06. The normalized spacial score (nSPS) is 10.6. The van der Waals surface area contributed by atoms with Crippen molar-refractivity contribution < 1.29 is 14.3 Å². The van der Waals surface area contributed by atoms with Crippen LogP contribution in [0.2, 0.25) is 0 Å². The summed E-state index contributed by atoms with van der Waals surface area (Å²) in [5.74, 6) is 1.57. The van der Waals surface area contributed by atoms with Crippen molar-refractivity contribution in [2.45, 2.75) is 33.6 Å². The molecule has 9 nitrogen and oxygen atoms in total. The van der Waals surface area contributed by atoms with Gasteiger partial charge in [0.25, 0.3) is 11.5 Å². The van der Waals surface area contributed by atoms with Gasteiger partial charge >= 0.3 is 0 Å². The molecule has 0 atom stereocenters. The zero-order chi connectivity index (χ0) is 21.5. The Balaban J connectivity index is 1.70. The first kappa shape index (κ1) is 21.1. The van der Waals surface area contributed by atoms with Crippen LogP contribution in [0.25, 0.3) is 5.95 Å². The van der Waals surface area contributed by atoms with Crippen molar-refractivity contribution in [2.24, 2.45) is 0 Å². The van der Waals surface area contributed by atoms with Gasteiger partial charge in [0.15, 0.2) is 6.61 Å². The van der Waals surface area contributed by atoms with Gasteiger partial charge in [-0.3, -0.25) is 14.6 Å². The van der Waals surface area contributed by atoms with Crippen LogP contribution in [0.4, 0.5) is 5.82 Å². The number of benzene rings is 1. The molecule has 9 heteroatoms. The first-order valence-electron chi connectivity index (χ1n) is 9.81. The molecular formula is C21H25N5O4. The average Bonchev–Trinajstić information content (AvgIpc) is 3.07. The highest BCUT2D eigenvalue weighted by molar-refractivity contribution is 5.91. The number of nitrogens with zero attached hydrogens (tertiary/aromatic N) is 3. The lowest BCUT2D eigenvalue weighted by molar-refractivity contribution is -0.118. The van der Waals surface area contributed by atoms with E-state index in [9.17, 15) is 9.59 Å². The molecule has 3 aromatic rings. The number of amides is 1. The van der Waals surface area contributed by atoms with Crippen LogP contribution in [-0.2, 0) is 11.2 Å². The number of aromatic nitrogens is 4. The molecule has 1 amide bonds. The molecule has 0 aliphatic rings. The van der Waals surface area contributed by atoms with Crippen molar-refractivity contribution in [3.63, 3.8) is 0 Å². The van der Waals surface area contributed by atoms with Gasteiger partial charge in [-0.2, -0.15) is 9.78 Å². The van der Waals surface area contributed by atoms with Gasteiger partial charge in [0, 0.05) is 17.8 Å². The third kappa shape index (κ3) is 5.47. The highest BCUT2D eigenvalue weighted by Gasteiger charge is 2.14. The van der Waals surface area contributed by atoms with E-state index in [0.29, 0.717) is 36.0 Å². The second-order valence-corrected chi connectivity index (χ2v) is 6.63. The Hall–Kier alpha value is -3.62. The van der Waals surface area contributed by atoms with Crippen LogP contribution in [-0.4, -0.2) is 38.9 Å². The first-order valence-corrected chi connectivity index (χ1v) is 9.81. The van der Waals surface area contributed by atoms with Crippen LogP contribution in [0.5, 0.6) is 11.5 Å². The summed E-state index contributed by atoms with van der Waals surface area (Å²) >= 11 is 0. The van der Waals surface area contributed by atoms with E-state index >= 15 is 0 Å². The number of anilines is 1.